The molecule has 0 radical (unpaired) electrons. The van der Waals surface area contributed by atoms with E-state index in [4.69, 9.17) is 4.52 Å². The molecule has 15 heavy (non-hydrogen) atoms. The minimum atomic E-state index is 0.765. The second kappa shape index (κ2) is 4.31. The summed E-state index contributed by atoms with van der Waals surface area (Å²) in [6.45, 7) is 3.56. The van der Waals surface area contributed by atoms with Crippen molar-refractivity contribution < 1.29 is 4.52 Å². The molecule has 4 nitrogen and oxygen atoms in total. The maximum atomic E-state index is 5.02. The van der Waals surface area contributed by atoms with Crippen molar-refractivity contribution in [3.63, 3.8) is 0 Å². The van der Waals surface area contributed by atoms with Crippen molar-refractivity contribution in [1.82, 2.24) is 15.0 Å². The predicted molar refractivity (Wildman–Crippen MR) is 57.5 cm³/mol. The smallest absolute Gasteiger partial charge is 0.133 e. The first kappa shape index (κ1) is 9.98. The lowest BCUT2D eigenvalue weighted by Crippen LogP contribution is -2.04. The summed E-state index contributed by atoms with van der Waals surface area (Å²) in [7, 11) is 1.94. The van der Waals surface area contributed by atoms with Gasteiger partial charge in [0.2, 0.25) is 0 Å². The van der Waals surface area contributed by atoms with Crippen LogP contribution in [0.2, 0.25) is 0 Å². The Kier molecular flexibility index (Phi) is 2.87. The van der Waals surface area contributed by atoms with Crippen molar-refractivity contribution in [2.75, 3.05) is 7.05 Å². The lowest BCUT2D eigenvalue weighted by Gasteiger charge is -1.97. The molecule has 0 bridgehead atoms. The fraction of sp³-hybridized carbons (Fsp3) is 0.364. The van der Waals surface area contributed by atoms with E-state index in [0.717, 1.165) is 24.5 Å². The van der Waals surface area contributed by atoms with E-state index in [2.05, 4.69) is 33.5 Å². The van der Waals surface area contributed by atoms with Crippen molar-refractivity contribution in [2.24, 2.45) is 0 Å². The van der Waals surface area contributed by atoms with Gasteiger partial charge in [0.1, 0.15) is 11.5 Å². The molecule has 0 aliphatic heterocycles. The van der Waals surface area contributed by atoms with E-state index < -0.39 is 0 Å². The van der Waals surface area contributed by atoms with Crippen molar-refractivity contribution in [2.45, 2.75) is 20.0 Å². The van der Waals surface area contributed by atoms with Gasteiger partial charge in [-0.1, -0.05) is 5.16 Å². The summed E-state index contributed by atoms with van der Waals surface area (Å²) in [6.07, 6.45) is 4.16. The third-order valence-corrected chi connectivity index (χ3v) is 2.21. The molecule has 0 amide bonds. The zero-order valence-electron chi connectivity index (χ0n) is 9.03. The molecule has 0 saturated carbocycles. The van der Waals surface area contributed by atoms with Gasteiger partial charge in [-0.25, -0.2) is 0 Å². The van der Waals surface area contributed by atoms with Gasteiger partial charge in [-0.2, -0.15) is 0 Å². The van der Waals surface area contributed by atoms with Gasteiger partial charge in [-0.05, 0) is 25.6 Å². The Morgan fingerprint density at radius 3 is 3.07 bits per heavy atom. The average molecular weight is 205 g/mol. The first-order valence-electron chi connectivity index (χ1n) is 4.99. The van der Waals surface area contributed by atoms with E-state index in [1.807, 2.05) is 20.0 Å². The highest BCUT2D eigenvalue weighted by Crippen LogP contribution is 2.06. The van der Waals surface area contributed by atoms with Gasteiger partial charge in [-0.15, -0.1) is 0 Å². The Morgan fingerprint density at radius 2 is 2.40 bits per heavy atom. The summed E-state index contributed by atoms with van der Waals surface area (Å²) in [5.41, 5.74) is 2.23. The summed E-state index contributed by atoms with van der Waals surface area (Å²) < 4.78 is 7.12. The molecule has 0 unspecified atom stereocenters. The molecule has 0 atom stereocenters. The number of aryl methyl sites for hydroxylation is 1. The van der Waals surface area contributed by atoms with E-state index in [9.17, 15) is 0 Å². The fourth-order valence-electron chi connectivity index (χ4n) is 1.58. The van der Waals surface area contributed by atoms with Crippen LogP contribution in [-0.4, -0.2) is 16.8 Å². The van der Waals surface area contributed by atoms with E-state index >= 15 is 0 Å². The Balaban J connectivity index is 2.04. The predicted octanol–water partition coefficient (Wildman–Crippen LogP) is 1.55. The second-order valence-corrected chi connectivity index (χ2v) is 3.65. The van der Waals surface area contributed by atoms with E-state index in [1.165, 1.54) is 5.56 Å². The largest absolute Gasteiger partial charge is 0.361 e. The van der Waals surface area contributed by atoms with Crippen LogP contribution < -0.4 is 5.32 Å². The maximum Gasteiger partial charge on any atom is 0.133 e. The molecule has 80 valence electrons. The van der Waals surface area contributed by atoms with Crippen LogP contribution >= 0.6 is 0 Å². The number of hydrogen-bond donors (Lipinski definition) is 1. The molecule has 0 aliphatic rings. The molecule has 0 aromatic carbocycles. The first-order chi connectivity index (χ1) is 7.28. The third kappa shape index (κ3) is 2.47. The number of nitrogens with zero attached hydrogens (tertiary/aromatic N) is 2. The molecular formula is C11H15N3O. The zero-order valence-corrected chi connectivity index (χ0v) is 9.03. The van der Waals surface area contributed by atoms with E-state index in [-0.39, 0.29) is 0 Å². The first-order valence-corrected chi connectivity index (χ1v) is 4.99. The lowest BCUT2D eigenvalue weighted by molar-refractivity contribution is 0.389. The fourth-order valence-corrected chi connectivity index (χ4v) is 1.58. The van der Waals surface area contributed by atoms with Gasteiger partial charge in [-0.3, -0.25) is 0 Å². The van der Waals surface area contributed by atoms with Crippen LogP contribution in [0.4, 0.5) is 0 Å². The molecule has 0 fully saturated rings. The highest BCUT2D eigenvalue weighted by atomic mass is 16.5. The van der Waals surface area contributed by atoms with Crippen molar-refractivity contribution in [1.29, 1.82) is 0 Å². The maximum absolute atomic E-state index is 5.02. The number of rotatable bonds is 4. The van der Waals surface area contributed by atoms with Crippen LogP contribution in [0.5, 0.6) is 0 Å². The number of aromatic nitrogens is 2. The summed E-state index contributed by atoms with van der Waals surface area (Å²) in [4.78, 5) is 0. The standard InChI is InChI=1S/C11H15N3O/c1-9-5-11(13-15-9)8-14-4-3-10(7-14)6-12-2/h3-5,7,12H,6,8H2,1-2H3. The highest BCUT2D eigenvalue weighted by molar-refractivity contribution is 5.12. The number of hydrogen-bond acceptors (Lipinski definition) is 3. The molecule has 2 aromatic heterocycles. The Bertz CT molecular complexity index is 430. The molecule has 2 rings (SSSR count). The number of nitrogens with one attached hydrogen (secondary N) is 1. The van der Waals surface area contributed by atoms with Crippen LogP contribution in [0.3, 0.4) is 0 Å². The van der Waals surface area contributed by atoms with Crippen LogP contribution in [0, 0.1) is 6.92 Å². The average Bonchev–Trinajstić information content (AvgIpc) is 2.78. The van der Waals surface area contributed by atoms with Gasteiger partial charge in [0.05, 0.1) is 6.54 Å². The Hall–Kier alpha value is -1.55. The summed E-state index contributed by atoms with van der Waals surface area (Å²) in [6, 6.07) is 4.06. The van der Waals surface area contributed by atoms with Gasteiger partial charge in [0.25, 0.3) is 0 Å². The lowest BCUT2D eigenvalue weighted by atomic mass is 10.3. The molecule has 0 saturated heterocycles. The van der Waals surface area contributed by atoms with Crippen molar-refractivity contribution >= 4 is 0 Å². The summed E-state index contributed by atoms with van der Waals surface area (Å²) >= 11 is 0. The molecule has 2 aromatic rings. The van der Waals surface area contributed by atoms with Gasteiger partial charge in [0.15, 0.2) is 0 Å². The highest BCUT2D eigenvalue weighted by Gasteiger charge is 2.01. The normalized spacial score (nSPS) is 10.8. The second-order valence-electron chi connectivity index (χ2n) is 3.65. The van der Waals surface area contributed by atoms with E-state index in [0.29, 0.717) is 0 Å². The van der Waals surface area contributed by atoms with Crippen molar-refractivity contribution in [3.8, 4) is 0 Å². The van der Waals surface area contributed by atoms with E-state index in [1.54, 1.807) is 0 Å². The zero-order chi connectivity index (χ0) is 10.7. The molecule has 1 N–H and O–H groups in total. The monoisotopic (exact) mass is 205 g/mol. The van der Waals surface area contributed by atoms with Crippen LogP contribution in [0.15, 0.2) is 29.0 Å². The van der Waals surface area contributed by atoms with Crippen LogP contribution in [0.25, 0.3) is 0 Å². The Morgan fingerprint density at radius 1 is 1.53 bits per heavy atom. The summed E-state index contributed by atoms with van der Waals surface area (Å²) in [5.74, 6) is 0.854. The minimum Gasteiger partial charge on any atom is -0.361 e. The molecular weight excluding hydrogens is 190 g/mol. The Labute approximate surface area is 88.9 Å². The molecule has 0 spiro atoms. The van der Waals surface area contributed by atoms with Crippen molar-refractivity contribution in [3.05, 3.63) is 41.5 Å². The van der Waals surface area contributed by atoms with Gasteiger partial charge >= 0.3 is 0 Å². The molecule has 0 aliphatic carbocycles. The minimum absolute atomic E-state index is 0.765. The van der Waals surface area contributed by atoms with Crippen LogP contribution in [0.1, 0.15) is 17.0 Å². The SMILES string of the molecule is CNCc1ccn(Cc2cc(C)on2)c1. The molecule has 4 heteroatoms. The van der Waals surface area contributed by atoms with Gasteiger partial charge in [0, 0.05) is 25.0 Å². The van der Waals surface area contributed by atoms with Crippen LogP contribution in [-0.2, 0) is 13.1 Å². The van der Waals surface area contributed by atoms with Gasteiger partial charge < -0.3 is 14.4 Å². The third-order valence-electron chi connectivity index (χ3n) is 2.21. The summed E-state index contributed by atoms with van der Waals surface area (Å²) in [5, 5.41) is 7.07. The quantitative estimate of drug-likeness (QED) is 0.823. The molecule has 2 heterocycles. The topological polar surface area (TPSA) is 43.0 Å².